The number of aliphatic carboxylic acids is 1. The van der Waals surface area contributed by atoms with Gasteiger partial charge in [-0.05, 0) is 30.0 Å². The number of carbonyl (C=O) groups excluding carboxylic acids is 1. The minimum absolute atomic E-state index is 0.0446. The summed E-state index contributed by atoms with van der Waals surface area (Å²) in [5.74, 6) is -1.27. The molecule has 0 heterocycles. The molecule has 1 aliphatic rings. The van der Waals surface area contributed by atoms with Gasteiger partial charge in [-0.25, -0.2) is 0 Å². The van der Waals surface area contributed by atoms with Crippen LogP contribution in [0.1, 0.15) is 12.0 Å². The topological polar surface area (TPSA) is 66.4 Å². The number of amides is 1. The number of carboxylic acid groups (broad SMARTS) is 1. The zero-order valence-electron chi connectivity index (χ0n) is 10.0. The molecule has 2 atom stereocenters. The van der Waals surface area contributed by atoms with Crippen LogP contribution in [0.15, 0.2) is 18.2 Å². The number of hydrogen-bond donors (Lipinski definition) is 2. The summed E-state index contributed by atoms with van der Waals surface area (Å²) in [5.41, 5.74) is 0.592. The molecule has 1 fully saturated rings. The highest BCUT2D eigenvalue weighted by Gasteiger charge is 2.42. The van der Waals surface area contributed by atoms with E-state index in [-0.39, 0.29) is 24.2 Å². The van der Waals surface area contributed by atoms with Crippen molar-refractivity contribution in [2.24, 2.45) is 11.8 Å². The SMILES string of the molecule is O=C(Cc1c(Cl)cccc1Cl)NC[C@H]1C[C@H]1C(=O)O. The molecular formula is C13H13Cl2NO3. The molecule has 0 spiro atoms. The van der Waals surface area contributed by atoms with Gasteiger partial charge in [-0.15, -0.1) is 0 Å². The van der Waals surface area contributed by atoms with Crippen molar-refractivity contribution in [2.45, 2.75) is 12.8 Å². The van der Waals surface area contributed by atoms with Gasteiger partial charge < -0.3 is 10.4 Å². The zero-order chi connectivity index (χ0) is 14.0. The molecule has 6 heteroatoms. The number of nitrogens with one attached hydrogen (secondary N) is 1. The zero-order valence-corrected chi connectivity index (χ0v) is 11.5. The number of halogens is 2. The third kappa shape index (κ3) is 3.61. The normalized spacial score (nSPS) is 20.9. The number of rotatable bonds is 5. The first-order valence-corrected chi connectivity index (χ1v) is 6.67. The highest BCUT2D eigenvalue weighted by atomic mass is 35.5. The standard InChI is InChI=1S/C13H13Cl2NO3/c14-10-2-1-3-11(15)9(10)5-12(17)16-6-7-4-8(7)13(18)19/h1-3,7-8H,4-6H2,(H,16,17)(H,18,19)/t7-,8-/m1/s1. The van der Waals surface area contributed by atoms with Gasteiger partial charge in [-0.3, -0.25) is 9.59 Å². The molecule has 2 N–H and O–H groups in total. The van der Waals surface area contributed by atoms with E-state index < -0.39 is 5.97 Å². The van der Waals surface area contributed by atoms with Crippen LogP contribution in [-0.4, -0.2) is 23.5 Å². The minimum Gasteiger partial charge on any atom is -0.481 e. The van der Waals surface area contributed by atoms with Gasteiger partial charge in [-0.2, -0.15) is 0 Å². The van der Waals surface area contributed by atoms with E-state index in [1.54, 1.807) is 18.2 Å². The lowest BCUT2D eigenvalue weighted by atomic mass is 10.1. The van der Waals surface area contributed by atoms with Gasteiger partial charge >= 0.3 is 5.97 Å². The maximum absolute atomic E-state index is 11.7. The lowest BCUT2D eigenvalue weighted by Gasteiger charge is -2.07. The minimum atomic E-state index is -0.798. The van der Waals surface area contributed by atoms with Crippen LogP contribution in [0.2, 0.25) is 10.0 Å². The van der Waals surface area contributed by atoms with Crippen molar-refractivity contribution >= 4 is 35.1 Å². The number of benzene rings is 1. The molecular weight excluding hydrogens is 289 g/mol. The maximum atomic E-state index is 11.7. The van der Waals surface area contributed by atoms with Gasteiger partial charge in [0.25, 0.3) is 0 Å². The summed E-state index contributed by atoms with van der Waals surface area (Å²) < 4.78 is 0. The van der Waals surface area contributed by atoms with E-state index in [2.05, 4.69) is 5.32 Å². The van der Waals surface area contributed by atoms with Gasteiger partial charge in [0, 0.05) is 16.6 Å². The molecule has 0 radical (unpaired) electrons. The number of hydrogen-bond acceptors (Lipinski definition) is 2. The van der Waals surface area contributed by atoms with Crippen molar-refractivity contribution in [3.63, 3.8) is 0 Å². The lowest BCUT2D eigenvalue weighted by molar-refractivity contribution is -0.139. The molecule has 2 rings (SSSR count). The van der Waals surface area contributed by atoms with Crippen LogP contribution < -0.4 is 5.32 Å². The fraction of sp³-hybridized carbons (Fsp3) is 0.385. The van der Waals surface area contributed by atoms with Crippen LogP contribution in [0.5, 0.6) is 0 Å². The van der Waals surface area contributed by atoms with Crippen LogP contribution in [0, 0.1) is 11.8 Å². The van der Waals surface area contributed by atoms with Crippen molar-refractivity contribution in [3.8, 4) is 0 Å². The quantitative estimate of drug-likeness (QED) is 0.877. The summed E-state index contributed by atoms with van der Waals surface area (Å²) in [7, 11) is 0. The van der Waals surface area contributed by atoms with Crippen LogP contribution in [0.25, 0.3) is 0 Å². The van der Waals surface area contributed by atoms with E-state index in [9.17, 15) is 9.59 Å². The molecule has 19 heavy (non-hydrogen) atoms. The Hall–Kier alpha value is -1.26. The van der Waals surface area contributed by atoms with Crippen molar-refractivity contribution in [3.05, 3.63) is 33.8 Å². The van der Waals surface area contributed by atoms with Gasteiger partial charge in [0.15, 0.2) is 0 Å². The van der Waals surface area contributed by atoms with E-state index in [0.29, 0.717) is 28.6 Å². The van der Waals surface area contributed by atoms with Gasteiger partial charge in [0.1, 0.15) is 0 Å². The predicted molar refractivity (Wildman–Crippen MR) is 72.4 cm³/mol. The average molecular weight is 302 g/mol. The second-order valence-electron chi connectivity index (χ2n) is 4.62. The Morgan fingerprint density at radius 3 is 2.47 bits per heavy atom. The van der Waals surface area contributed by atoms with Crippen LogP contribution in [-0.2, 0) is 16.0 Å². The van der Waals surface area contributed by atoms with Crippen LogP contribution >= 0.6 is 23.2 Å². The van der Waals surface area contributed by atoms with Crippen molar-refractivity contribution < 1.29 is 14.7 Å². The summed E-state index contributed by atoms with van der Waals surface area (Å²) in [6.07, 6.45) is 0.728. The smallest absolute Gasteiger partial charge is 0.306 e. The van der Waals surface area contributed by atoms with Crippen molar-refractivity contribution in [2.75, 3.05) is 6.54 Å². The molecule has 4 nitrogen and oxygen atoms in total. The molecule has 0 unspecified atom stereocenters. The van der Waals surface area contributed by atoms with Gasteiger partial charge in [0.05, 0.1) is 12.3 Å². The highest BCUT2D eigenvalue weighted by molar-refractivity contribution is 6.36. The van der Waals surface area contributed by atoms with Gasteiger partial charge in [0.2, 0.25) is 5.91 Å². The van der Waals surface area contributed by atoms with Crippen LogP contribution in [0.3, 0.4) is 0 Å². The molecule has 0 aliphatic heterocycles. The predicted octanol–water partition coefficient (Wildman–Crippen LogP) is 2.37. The van der Waals surface area contributed by atoms with E-state index in [1.807, 2.05) is 0 Å². The molecule has 1 aliphatic carbocycles. The summed E-state index contributed by atoms with van der Waals surface area (Å²) in [4.78, 5) is 22.4. The summed E-state index contributed by atoms with van der Waals surface area (Å²) in [5, 5.41) is 12.4. The largest absolute Gasteiger partial charge is 0.481 e. The fourth-order valence-corrected chi connectivity index (χ4v) is 2.48. The molecule has 0 saturated heterocycles. The number of carboxylic acids is 1. The van der Waals surface area contributed by atoms with Gasteiger partial charge in [-0.1, -0.05) is 29.3 Å². The van der Waals surface area contributed by atoms with Crippen LogP contribution in [0.4, 0.5) is 0 Å². The fourth-order valence-electron chi connectivity index (χ4n) is 1.94. The molecule has 0 bridgehead atoms. The first kappa shape index (κ1) is 14.2. The molecule has 0 aromatic heterocycles. The Morgan fingerprint density at radius 1 is 1.32 bits per heavy atom. The van der Waals surface area contributed by atoms with Crippen molar-refractivity contribution in [1.29, 1.82) is 0 Å². The Kier molecular flexibility index (Phi) is 4.32. The maximum Gasteiger partial charge on any atom is 0.306 e. The first-order chi connectivity index (χ1) is 8.99. The summed E-state index contributed by atoms with van der Waals surface area (Å²) >= 11 is 11.9. The third-order valence-electron chi connectivity index (χ3n) is 3.20. The summed E-state index contributed by atoms with van der Waals surface area (Å²) in [6.45, 7) is 0.387. The third-order valence-corrected chi connectivity index (χ3v) is 3.91. The average Bonchev–Trinajstić information content (AvgIpc) is 3.11. The Bertz CT molecular complexity index is 498. The monoisotopic (exact) mass is 301 g/mol. The molecule has 1 aromatic carbocycles. The summed E-state index contributed by atoms with van der Waals surface area (Å²) in [6, 6.07) is 5.07. The Morgan fingerprint density at radius 2 is 1.95 bits per heavy atom. The Balaban J connectivity index is 1.84. The van der Waals surface area contributed by atoms with E-state index in [0.717, 1.165) is 0 Å². The highest BCUT2D eigenvalue weighted by Crippen LogP contribution is 2.37. The molecule has 1 saturated carbocycles. The second-order valence-corrected chi connectivity index (χ2v) is 5.44. The Labute approximate surface area is 120 Å². The first-order valence-electron chi connectivity index (χ1n) is 5.91. The van der Waals surface area contributed by atoms with E-state index in [1.165, 1.54) is 0 Å². The van der Waals surface area contributed by atoms with E-state index >= 15 is 0 Å². The second kappa shape index (κ2) is 5.80. The van der Waals surface area contributed by atoms with Crippen molar-refractivity contribution in [1.82, 2.24) is 5.32 Å². The van der Waals surface area contributed by atoms with E-state index in [4.69, 9.17) is 28.3 Å². The number of carbonyl (C=O) groups is 2. The molecule has 1 aromatic rings. The molecule has 1 amide bonds. The lowest BCUT2D eigenvalue weighted by Crippen LogP contribution is -2.28. The molecule has 102 valence electrons.